The third kappa shape index (κ3) is 5.12. The van der Waals surface area contributed by atoms with Gasteiger partial charge in [-0.05, 0) is 35.8 Å². The van der Waals surface area contributed by atoms with Crippen LogP contribution in [0.3, 0.4) is 0 Å². The summed E-state index contributed by atoms with van der Waals surface area (Å²) in [4.78, 5) is 24.8. The first-order valence-electron chi connectivity index (χ1n) is 9.62. The number of benzene rings is 1. The molecule has 2 heterocycles. The van der Waals surface area contributed by atoms with Crippen LogP contribution >= 0.6 is 11.3 Å². The largest absolute Gasteiger partial charge is 0.457 e. The van der Waals surface area contributed by atoms with Crippen LogP contribution in [0.5, 0.6) is 0 Å². The monoisotopic (exact) mass is 435 g/mol. The molecule has 1 unspecified atom stereocenters. The quantitative estimate of drug-likeness (QED) is 0.489. The number of thiophene rings is 1. The van der Waals surface area contributed by atoms with Crippen LogP contribution in [0, 0.1) is 5.92 Å². The van der Waals surface area contributed by atoms with E-state index in [4.69, 9.17) is 4.74 Å². The molecule has 0 N–H and O–H groups in total. The van der Waals surface area contributed by atoms with Crippen molar-refractivity contribution in [3.05, 3.63) is 52.9 Å². The molecule has 0 aliphatic carbocycles. The Kier molecular flexibility index (Phi) is 6.87. The van der Waals surface area contributed by atoms with Gasteiger partial charge in [-0.1, -0.05) is 44.2 Å². The number of carbonyl (C=O) groups is 2. The molecule has 1 saturated heterocycles. The number of nitrogens with zero attached hydrogens (tertiary/aromatic N) is 1. The molecule has 1 aromatic heterocycles. The van der Waals surface area contributed by atoms with Crippen LogP contribution in [0.15, 0.2) is 46.0 Å². The van der Waals surface area contributed by atoms with E-state index in [1.807, 2.05) is 12.1 Å². The predicted molar refractivity (Wildman–Crippen MR) is 112 cm³/mol. The van der Waals surface area contributed by atoms with Crippen LogP contribution in [0.25, 0.3) is 0 Å². The molecule has 1 aliphatic heterocycles. The van der Waals surface area contributed by atoms with Crippen LogP contribution in [0.2, 0.25) is 0 Å². The Morgan fingerprint density at radius 2 is 1.93 bits per heavy atom. The minimum Gasteiger partial charge on any atom is -0.457 e. The maximum absolute atomic E-state index is 12.7. The molecule has 29 heavy (non-hydrogen) atoms. The molecule has 1 atom stereocenters. The van der Waals surface area contributed by atoms with Gasteiger partial charge in [-0.2, -0.15) is 4.31 Å². The lowest BCUT2D eigenvalue weighted by atomic mass is 10.00. The molecule has 0 saturated carbocycles. The lowest BCUT2D eigenvalue weighted by Gasteiger charge is -2.30. The Morgan fingerprint density at radius 1 is 1.21 bits per heavy atom. The molecule has 0 bridgehead atoms. The SMILES string of the molecule is CC(C)c1ccc(C(=O)COC(=O)C2CCCN(S(=O)(=O)c3cccs3)C2)cc1. The number of carbonyl (C=O) groups excluding carboxylic acids is 2. The Bertz CT molecular complexity index is 949. The number of Topliss-reactive ketones (excluding diaryl/α,β-unsaturated/α-hetero) is 1. The standard InChI is InChI=1S/C21H25NO5S2/c1-15(2)16-7-9-17(10-8-16)19(23)14-27-21(24)18-5-3-11-22(13-18)29(25,26)20-6-4-12-28-20/h4,6-10,12,15,18H,3,5,11,13-14H2,1-2H3. The molecule has 0 radical (unpaired) electrons. The highest BCUT2D eigenvalue weighted by Crippen LogP contribution is 2.27. The molecule has 0 amide bonds. The molecule has 8 heteroatoms. The first-order valence-corrected chi connectivity index (χ1v) is 11.9. The first-order chi connectivity index (χ1) is 13.8. The van der Waals surface area contributed by atoms with Gasteiger partial charge in [-0.3, -0.25) is 9.59 Å². The van der Waals surface area contributed by atoms with Crippen molar-refractivity contribution in [3.63, 3.8) is 0 Å². The van der Waals surface area contributed by atoms with Crippen LogP contribution in [0.1, 0.15) is 48.5 Å². The van der Waals surface area contributed by atoms with Gasteiger partial charge in [0.1, 0.15) is 4.21 Å². The number of ether oxygens (including phenoxy) is 1. The van der Waals surface area contributed by atoms with E-state index in [2.05, 4.69) is 13.8 Å². The van der Waals surface area contributed by atoms with Gasteiger partial charge in [0.05, 0.1) is 5.92 Å². The smallest absolute Gasteiger partial charge is 0.310 e. The van der Waals surface area contributed by atoms with E-state index in [9.17, 15) is 18.0 Å². The van der Waals surface area contributed by atoms with Crippen molar-refractivity contribution in [3.8, 4) is 0 Å². The molecule has 1 fully saturated rings. The van der Waals surface area contributed by atoms with Crippen LogP contribution < -0.4 is 0 Å². The second-order valence-electron chi connectivity index (χ2n) is 7.44. The van der Waals surface area contributed by atoms with Crippen molar-refractivity contribution in [2.45, 2.75) is 36.8 Å². The summed E-state index contributed by atoms with van der Waals surface area (Å²) in [5.41, 5.74) is 1.63. The van der Waals surface area contributed by atoms with E-state index in [0.717, 1.165) is 16.9 Å². The van der Waals surface area contributed by atoms with E-state index in [1.54, 1.807) is 29.6 Å². The zero-order valence-electron chi connectivity index (χ0n) is 16.5. The third-order valence-electron chi connectivity index (χ3n) is 5.05. The average molecular weight is 436 g/mol. The number of hydrogen-bond acceptors (Lipinski definition) is 6. The van der Waals surface area contributed by atoms with Gasteiger partial charge in [-0.15, -0.1) is 11.3 Å². The normalized spacial score (nSPS) is 18.0. The molecule has 1 aromatic carbocycles. The van der Waals surface area contributed by atoms with Crippen LogP contribution in [-0.2, 0) is 19.6 Å². The maximum Gasteiger partial charge on any atom is 0.310 e. The van der Waals surface area contributed by atoms with Gasteiger partial charge < -0.3 is 4.74 Å². The summed E-state index contributed by atoms with van der Waals surface area (Å²) >= 11 is 1.16. The Morgan fingerprint density at radius 3 is 2.55 bits per heavy atom. The fraction of sp³-hybridized carbons (Fsp3) is 0.429. The molecule has 2 aromatic rings. The van der Waals surface area contributed by atoms with Crippen molar-refractivity contribution >= 4 is 33.1 Å². The minimum atomic E-state index is -3.59. The zero-order chi connectivity index (χ0) is 21.0. The lowest BCUT2D eigenvalue weighted by molar-refractivity contribution is -0.148. The fourth-order valence-electron chi connectivity index (χ4n) is 3.28. The number of rotatable bonds is 7. The van der Waals surface area contributed by atoms with Gasteiger partial charge in [0.2, 0.25) is 0 Å². The summed E-state index contributed by atoms with van der Waals surface area (Å²) in [6.07, 6.45) is 1.13. The highest BCUT2D eigenvalue weighted by Gasteiger charge is 2.34. The topological polar surface area (TPSA) is 80.8 Å². The van der Waals surface area contributed by atoms with Crippen molar-refractivity contribution in [2.24, 2.45) is 5.92 Å². The lowest BCUT2D eigenvalue weighted by Crippen LogP contribution is -2.42. The second kappa shape index (κ2) is 9.19. The predicted octanol–water partition coefficient (Wildman–Crippen LogP) is 3.70. The molecule has 1 aliphatic rings. The number of ketones is 1. The summed E-state index contributed by atoms with van der Waals surface area (Å²) < 4.78 is 32.2. The van der Waals surface area contributed by atoms with Crippen molar-refractivity contribution in [2.75, 3.05) is 19.7 Å². The van der Waals surface area contributed by atoms with Crippen LogP contribution in [0.4, 0.5) is 0 Å². The highest BCUT2D eigenvalue weighted by atomic mass is 32.2. The Hall–Kier alpha value is -2.03. The minimum absolute atomic E-state index is 0.0797. The fourth-order valence-corrected chi connectivity index (χ4v) is 5.95. The average Bonchev–Trinajstić information content (AvgIpc) is 3.27. The van der Waals surface area contributed by atoms with Gasteiger partial charge in [-0.25, -0.2) is 8.42 Å². The van der Waals surface area contributed by atoms with Gasteiger partial charge in [0.25, 0.3) is 10.0 Å². The van der Waals surface area contributed by atoms with Crippen molar-refractivity contribution in [1.82, 2.24) is 4.31 Å². The van der Waals surface area contributed by atoms with Gasteiger partial charge in [0, 0.05) is 18.7 Å². The number of esters is 1. The Balaban J connectivity index is 1.57. The molecule has 0 spiro atoms. The molecule has 3 rings (SSSR count). The summed E-state index contributed by atoms with van der Waals surface area (Å²) in [7, 11) is -3.59. The summed E-state index contributed by atoms with van der Waals surface area (Å²) in [6.45, 7) is 4.27. The number of piperidine rings is 1. The molecule has 6 nitrogen and oxygen atoms in total. The number of sulfonamides is 1. The third-order valence-corrected chi connectivity index (χ3v) is 8.29. The Labute approximate surface area is 175 Å². The van der Waals surface area contributed by atoms with E-state index < -0.39 is 21.9 Å². The number of hydrogen-bond donors (Lipinski definition) is 0. The van der Waals surface area contributed by atoms with E-state index >= 15 is 0 Å². The van der Waals surface area contributed by atoms with Gasteiger partial charge in [0.15, 0.2) is 12.4 Å². The van der Waals surface area contributed by atoms with E-state index in [-0.39, 0.29) is 23.1 Å². The zero-order valence-corrected chi connectivity index (χ0v) is 18.2. The van der Waals surface area contributed by atoms with Crippen molar-refractivity contribution < 1.29 is 22.7 Å². The van der Waals surface area contributed by atoms with Crippen LogP contribution in [-0.4, -0.2) is 44.2 Å². The first kappa shape index (κ1) is 21.7. The second-order valence-corrected chi connectivity index (χ2v) is 10.6. The van der Waals surface area contributed by atoms with E-state index in [1.165, 1.54) is 4.31 Å². The molecular formula is C21H25NO5S2. The summed E-state index contributed by atoms with van der Waals surface area (Å²) in [5, 5.41) is 1.71. The summed E-state index contributed by atoms with van der Waals surface area (Å²) in [6, 6.07) is 10.5. The molecule has 156 valence electrons. The highest BCUT2D eigenvalue weighted by molar-refractivity contribution is 7.91. The van der Waals surface area contributed by atoms with E-state index in [0.29, 0.717) is 30.9 Å². The summed E-state index contributed by atoms with van der Waals surface area (Å²) in [5.74, 6) is -0.984. The van der Waals surface area contributed by atoms with Gasteiger partial charge >= 0.3 is 5.97 Å². The molecular weight excluding hydrogens is 410 g/mol. The maximum atomic E-state index is 12.7. The van der Waals surface area contributed by atoms with Crippen molar-refractivity contribution in [1.29, 1.82) is 0 Å².